The van der Waals surface area contributed by atoms with Crippen LogP contribution < -0.4 is 34.4 Å². The third-order valence-electron chi connectivity index (χ3n) is 5.83. The molecule has 168 valence electrons. The Bertz CT molecular complexity index is 993. The number of piperidine rings is 1. The molecular formula is C21H24Cl3IN4OS. The number of rotatable bonds is 4. The highest BCUT2D eigenvalue weighted by Crippen LogP contribution is 2.44. The Kier molecular flexibility index (Phi) is 8.19. The second-order valence-electron chi connectivity index (χ2n) is 8.15. The van der Waals surface area contributed by atoms with Gasteiger partial charge >= 0.3 is 5.91 Å². The van der Waals surface area contributed by atoms with Crippen LogP contribution in [0.4, 0.5) is 5.69 Å². The van der Waals surface area contributed by atoms with Gasteiger partial charge in [0.15, 0.2) is 0 Å². The van der Waals surface area contributed by atoms with Gasteiger partial charge in [0, 0.05) is 15.8 Å². The summed E-state index contributed by atoms with van der Waals surface area (Å²) in [7, 11) is 2.07. The van der Waals surface area contributed by atoms with Gasteiger partial charge in [-0.05, 0) is 49.6 Å². The van der Waals surface area contributed by atoms with Crippen LogP contribution in [-0.2, 0) is 4.79 Å². The Morgan fingerprint density at radius 2 is 1.87 bits per heavy atom. The van der Waals surface area contributed by atoms with E-state index < -0.39 is 0 Å². The average Bonchev–Trinajstić information content (AvgIpc) is 3.25. The summed E-state index contributed by atoms with van der Waals surface area (Å²) in [6.45, 7) is 3.89. The van der Waals surface area contributed by atoms with Gasteiger partial charge in [-0.2, -0.15) is 10.5 Å². The van der Waals surface area contributed by atoms with E-state index in [1.165, 1.54) is 17.8 Å². The van der Waals surface area contributed by atoms with E-state index in [1.54, 1.807) is 12.1 Å². The summed E-state index contributed by atoms with van der Waals surface area (Å²) in [6, 6.07) is 8.98. The van der Waals surface area contributed by atoms with E-state index in [2.05, 4.69) is 12.5 Å². The maximum absolute atomic E-state index is 13.3. The van der Waals surface area contributed by atoms with Crippen molar-refractivity contribution < 1.29 is 33.4 Å². The van der Waals surface area contributed by atoms with Crippen LogP contribution in [0.2, 0.25) is 14.4 Å². The number of quaternary nitrogens is 1. The molecule has 1 fully saturated rings. The number of nitrogens with zero attached hydrogens (tertiary/aromatic N) is 3. The molecule has 4 rings (SSSR count). The minimum Gasteiger partial charge on any atom is -1.00 e. The van der Waals surface area contributed by atoms with Gasteiger partial charge in [0.2, 0.25) is 0 Å². The lowest BCUT2D eigenvalue weighted by Crippen LogP contribution is -3.00. The summed E-state index contributed by atoms with van der Waals surface area (Å²) in [5.74, 6) is -0.269. The molecule has 0 spiro atoms. The molecule has 0 radical (unpaired) electrons. The summed E-state index contributed by atoms with van der Waals surface area (Å²) < 4.78 is 1.24. The Labute approximate surface area is 218 Å². The number of likely N-dealkylation sites (tertiary alicyclic amines) is 1. The maximum atomic E-state index is 13.3. The van der Waals surface area contributed by atoms with Crippen molar-refractivity contribution in [1.29, 1.82) is 0 Å². The third-order valence-corrected chi connectivity index (χ3v) is 7.67. The van der Waals surface area contributed by atoms with E-state index in [1.807, 2.05) is 30.1 Å². The molecule has 1 saturated heterocycles. The largest absolute Gasteiger partial charge is 1.00 e. The van der Waals surface area contributed by atoms with Crippen molar-refractivity contribution in [2.24, 2.45) is 11.0 Å². The number of nitrogens with one attached hydrogen (secondary N) is 1. The fraction of sp³-hybridized carbons (Fsp3) is 0.429. The van der Waals surface area contributed by atoms with Gasteiger partial charge in [-0.25, -0.2) is 4.59 Å². The first kappa shape index (κ1) is 25.1. The zero-order valence-electron chi connectivity index (χ0n) is 17.2. The molecule has 2 aliphatic rings. The van der Waals surface area contributed by atoms with Crippen LogP contribution in [0.3, 0.4) is 0 Å². The number of anilines is 1. The number of hydrogen-bond donors (Lipinski definition) is 1. The van der Waals surface area contributed by atoms with Crippen molar-refractivity contribution in [3.05, 3.63) is 49.6 Å². The highest BCUT2D eigenvalue weighted by atomic mass is 127. The quantitative estimate of drug-likeness (QED) is 0.426. The van der Waals surface area contributed by atoms with E-state index in [9.17, 15) is 4.79 Å². The number of amides is 1. The van der Waals surface area contributed by atoms with Crippen LogP contribution in [-0.4, -0.2) is 36.3 Å². The number of hydrazone groups is 1. The Hall–Kier alpha value is -0.580. The summed E-state index contributed by atoms with van der Waals surface area (Å²) in [5.41, 5.74) is 4.42. The lowest BCUT2D eigenvalue weighted by molar-refractivity contribution is -0.947. The highest BCUT2D eigenvalue weighted by molar-refractivity contribution is 7.16. The average molecular weight is 614 g/mol. The molecule has 1 N–H and O–H groups in total. The molecule has 0 bridgehead atoms. The van der Waals surface area contributed by atoms with Gasteiger partial charge in [-0.3, -0.25) is 9.80 Å². The molecule has 0 saturated carbocycles. The Morgan fingerprint density at radius 1 is 1.16 bits per heavy atom. The maximum Gasteiger partial charge on any atom is 0.312 e. The van der Waals surface area contributed by atoms with Crippen LogP contribution in [0.25, 0.3) is 0 Å². The summed E-state index contributed by atoms with van der Waals surface area (Å²) in [4.78, 5) is 14.3. The Morgan fingerprint density at radius 3 is 2.48 bits per heavy atom. The van der Waals surface area contributed by atoms with Crippen LogP contribution in [0.5, 0.6) is 0 Å². The fourth-order valence-electron chi connectivity index (χ4n) is 4.23. The van der Waals surface area contributed by atoms with Crippen molar-refractivity contribution in [1.82, 2.24) is 5.43 Å². The summed E-state index contributed by atoms with van der Waals surface area (Å²) in [5, 5.41) is 7.63. The highest BCUT2D eigenvalue weighted by Gasteiger charge is 2.42. The molecule has 2 aromatic rings. The topological polar surface area (TPSA) is 44.7 Å². The first-order valence-corrected chi connectivity index (χ1v) is 12.0. The van der Waals surface area contributed by atoms with Crippen molar-refractivity contribution in [2.45, 2.75) is 32.2 Å². The molecule has 1 amide bonds. The van der Waals surface area contributed by atoms with Crippen molar-refractivity contribution >= 4 is 63.4 Å². The summed E-state index contributed by atoms with van der Waals surface area (Å²) in [6.07, 6.45) is 3.44. The SMILES string of the molecule is C[C@@H]1C(C(=O)N[N+]2(C)CCCCC2)=NN(c2ccc(Cl)cc2Cl)[C@@H]1c1ccc(Cl)s1.[I-]. The smallest absolute Gasteiger partial charge is 0.312 e. The Balaban J connectivity index is 0.00000272. The minimum atomic E-state index is -0.173. The lowest BCUT2D eigenvalue weighted by Gasteiger charge is -2.36. The first-order chi connectivity index (χ1) is 14.3. The zero-order chi connectivity index (χ0) is 21.5. The number of hydrogen-bond acceptors (Lipinski definition) is 4. The second kappa shape index (κ2) is 10.1. The van der Waals surface area contributed by atoms with Crippen molar-refractivity contribution in [3.8, 4) is 0 Å². The molecule has 31 heavy (non-hydrogen) atoms. The first-order valence-electron chi connectivity index (χ1n) is 10.0. The number of halogens is 4. The minimum absolute atomic E-state index is 0. The predicted octanol–water partition coefficient (Wildman–Crippen LogP) is 2.93. The molecule has 3 heterocycles. The van der Waals surface area contributed by atoms with E-state index in [0.717, 1.165) is 30.8 Å². The normalized spacial score (nSPS) is 22.6. The van der Waals surface area contributed by atoms with E-state index in [0.29, 0.717) is 30.4 Å². The standard InChI is InChI=1S/C21H23Cl3N4OS.HI/c1-13-19(21(29)26-28(2)10-4-3-5-11-28)25-27(16-7-6-14(22)12-15(16)23)20(13)17-8-9-18(24)30-17;/h6-9,12-13,20H,3-5,10-11H2,1-2H3;1H/t13-,20+;/m1./s1. The number of carbonyl (C=O) groups excluding carboxylic acids is 1. The van der Waals surface area contributed by atoms with Gasteiger partial charge in [-0.1, -0.05) is 41.7 Å². The number of benzene rings is 1. The lowest BCUT2D eigenvalue weighted by atomic mass is 9.95. The van der Waals surface area contributed by atoms with Gasteiger partial charge in [0.1, 0.15) is 18.8 Å². The fourth-order valence-corrected chi connectivity index (χ4v) is 5.98. The second-order valence-corrected chi connectivity index (χ2v) is 10.7. The van der Waals surface area contributed by atoms with Crippen molar-refractivity contribution in [2.75, 3.05) is 25.1 Å². The molecule has 2 atom stereocenters. The monoisotopic (exact) mass is 612 g/mol. The third kappa shape index (κ3) is 5.33. The van der Waals surface area contributed by atoms with Crippen molar-refractivity contribution in [3.63, 3.8) is 0 Å². The van der Waals surface area contributed by atoms with E-state index >= 15 is 0 Å². The molecule has 0 unspecified atom stereocenters. The predicted molar refractivity (Wildman–Crippen MR) is 126 cm³/mol. The summed E-state index contributed by atoms with van der Waals surface area (Å²) >= 11 is 20.3. The van der Waals surface area contributed by atoms with E-state index in [4.69, 9.17) is 39.9 Å². The molecule has 1 aromatic heterocycles. The molecule has 1 aromatic carbocycles. The van der Waals surface area contributed by atoms with Crippen LogP contribution in [0.15, 0.2) is 35.4 Å². The number of thiophene rings is 1. The van der Waals surface area contributed by atoms with Gasteiger partial charge in [0.05, 0.1) is 28.1 Å². The molecular weight excluding hydrogens is 590 g/mol. The molecule has 2 aliphatic heterocycles. The molecule has 5 nitrogen and oxygen atoms in total. The van der Waals surface area contributed by atoms with Gasteiger partial charge in [0.25, 0.3) is 0 Å². The van der Waals surface area contributed by atoms with Crippen LogP contribution in [0.1, 0.15) is 37.1 Å². The van der Waals surface area contributed by atoms with Gasteiger partial charge in [-0.15, -0.1) is 11.3 Å². The van der Waals surface area contributed by atoms with E-state index in [-0.39, 0.29) is 41.8 Å². The van der Waals surface area contributed by atoms with Crippen LogP contribution >= 0.6 is 46.1 Å². The zero-order valence-corrected chi connectivity index (χ0v) is 22.5. The van der Waals surface area contributed by atoms with Crippen LogP contribution in [0, 0.1) is 5.92 Å². The number of carbonyl (C=O) groups is 1. The molecule has 10 heteroatoms. The van der Waals surface area contributed by atoms with Gasteiger partial charge < -0.3 is 24.0 Å². The molecule has 0 aliphatic carbocycles.